The molecule has 1 aliphatic carbocycles. The van der Waals surface area contributed by atoms with Gasteiger partial charge in [-0.3, -0.25) is 9.69 Å². The summed E-state index contributed by atoms with van der Waals surface area (Å²) >= 11 is 0. The number of piperidine rings is 1. The number of nitriles is 1. The maximum atomic E-state index is 13.7. The van der Waals surface area contributed by atoms with Gasteiger partial charge in [0.15, 0.2) is 0 Å². The summed E-state index contributed by atoms with van der Waals surface area (Å²) in [7, 11) is 2.02. The smallest absolute Gasteiger partial charge is 0.327 e. The molecule has 4 atom stereocenters. The number of urea groups is 1. The number of carbonyl (C=O) groups excluding carboxylic acids is 2. The normalized spacial score (nSPS) is 35.3. The molecule has 1 spiro atoms. The number of rotatable bonds is 3. The number of benzene rings is 1. The van der Waals surface area contributed by atoms with Gasteiger partial charge < -0.3 is 14.9 Å². The number of likely N-dealkylation sites (tertiary alicyclic amines) is 1. The Bertz CT molecular complexity index is 1000. The number of nitrogens with zero attached hydrogens (tertiary/aromatic N) is 4. The number of carbonyl (C=O) groups is 2. The third-order valence-corrected chi connectivity index (χ3v) is 8.72. The minimum Gasteiger partial charge on any atom is -0.387 e. The van der Waals surface area contributed by atoms with Gasteiger partial charge in [-0.05, 0) is 90.2 Å². The molecular formula is C25H34N4O3. The Morgan fingerprint density at radius 3 is 2.53 bits per heavy atom. The fourth-order valence-electron chi connectivity index (χ4n) is 6.80. The Morgan fingerprint density at radius 2 is 1.91 bits per heavy atom. The molecule has 3 amide bonds. The molecule has 1 aromatic rings. The molecule has 4 rings (SSSR count). The fraction of sp³-hybridized carbons (Fsp3) is 0.640. The standard InChI is InChI=1S/C25H34N4O3/c1-6-28-21(30)24(29(7-2)22(28)31)10-11-25(32)18(4)27(5)13-12-23(25,16-24)20-14-19(15-26)9-8-17(20)3/h8-9,14,18,32H,6-7,10-13,16H2,1-5H3/t18?,23-,24+,25?/m1/s1. The second-order valence-corrected chi connectivity index (χ2v) is 9.84. The van der Waals surface area contributed by atoms with Gasteiger partial charge in [0.05, 0.1) is 17.2 Å². The van der Waals surface area contributed by atoms with E-state index in [9.17, 15) is 20.0 Å². The van der Waals surface area contributed by atoms with E-state index in [4.69, 9.17) is 0 Å². The Labute approximate surface area is 190 Å². The van der Waals surface area contributed by atoms with E-state index in [1.165, 1.54) is 4.90 Å². The SMILES string of the molecule is CCN1C(=O)N(CC)[C@]2(CCC3(O)C(C)N(C)CC[C@]3(c3cc(C#N)ccc3C)C2)C1=O. The molecule has 2 saturated heterocycles. The summed E-state index contributed by atoms with van der Waals surface area (Å²) in [4.78, 5) is 32.1. The van der Waals surface area contributed by atoms with Gasteiger partial charge in [-0.15, -0.1) is 0 Å². The molecule has 0 aromatic heterocycles. The molecule has 2 unspecified atom stereocenters. The van der Waals surface area contributed by atoms with E-state index >= 15 is 0 Å². The second kappa shape index (κ2) is 7.57. The molecule has 1 aromatic carbocycles. The quantitative estimate of drug-likeness (QED) is 0.733. The molecular weight excluding hydrogens is 404 g/mol. The number of amides is 3. The van der Waals surface area contributed by atoms with E-state index in [0.717, 1.165) is 17.7 Å². The molecule has 0 bridgehead atoms. The lowest BCUT2D eigenvalue weighted by Gasteiger charge is -2.63. The van der Waals surface area contributed by atoms with Crippen LogP contribution < -0.4 is 0 Å². The third-order valence-electron chi connectivity index (χ3n) is 8.72. The highest BCUT2D eigenvalue weighted by atomic mass is 16.3. The van der Waals surface area contributed by atoms with Crippen molar-refractivity contribution in [3.05, 3.63) is 34.9 Å². The van der Waals surface area contributed by atoms with Crippen LogP contribution in [0, 0.1) is 18.3 Å². The van der Waals surface area contributed by atoms with Crippen molar-refractivity contribution in [1.82, 2.24) is 14.7 Å². The Hall–Kier alpha value is -2.43. The van der Waals surface area contributed by atoms with E-state index < -0.39 is 16.6 Å². The zero-order valence-electron chi connectivity index (χ0n) is 19.8. The summed E-state index contributed by atoms with van der Waals surface area (Å²) in [6, 6.07) is 7.51. The van der Waals surface area contributed by atoms with Gasteiger partial charge in [0.1, 0.15) is 5.54 Å². The van der Waals surface area contributed by atoms with Gasteiger partial charge in [0, 0.05) is 24.5 Å². The lowest BCUT2D eigenvalue weighted by Crippen LogP contribution is -2.73. The van der Waals surface area contributed by atoms with Crippen molar-refractivity contribution in [3.8, 4) is 6.07 Å². The summed E-state index contributed by atoms with van der Waals surface area (Å²) < 4.78 is 0. The van der Waals surface area contributed by atoms with Gasteiger partial charge in [-0.2, -0.15) is 5.26 Å². The highest BCUT2D eigenvalue weighted by molar-refractivity contribution is 6.07. The maximum absolute atomic E-state index is 13.7. The average molecular weight is 439 g/mol. The average Bonchev–Trinajstić information content (AvgIpc) is 2.98. The number of fused-ring (bicyclic) bond motifs is 1. The summed E-state index contributed by atoms with van der Waals surface area (Å²) in [6.07, 6.45) is 1.89. The van der Waals surface area contributed by atoms with Crippen molar-refractivity contribution in [2.45, 2.75) is 76.0 Å². The second-order valence-electron chi connectivity index (χ2n) is 9.84. The lowest BCUT2D eigenvalue weighted by atomic mass is 9.49. The van der Waals surface area contributed by atoms with Gasteiger partial charge in [-0.25, -0.2) is 4.79 Å². The fourth-order valence-corrected chi connectivity index (χ4v) is 6.80. The van der Waals surface area contributed by atoms with Crippen LogP contribution in [0.2, 0.25) is 0 Å². The van der Waals surface area contributed by atoms with Crippen LogP contribution in [0.4, 0.5) is 4.79 Å². The van der Waals surface area contributed by atoms with Crippen LogP contribution in [0.5, 0.6) is 0 Å². The van der Waals surface area contributed by atoms with Crippen molar-refractivity contribution in [3.63, 3.8) is 0 Å². The number of hydrogen-bond donors (Lipinski definition) is 1. The lowest BCUT2D eigenvalue weighted by molar-refractivity contribution is -0.176. The largest absolute Gasteiger partial charge is 0.387 e. The van der Waals surface area contributed by atoms with Crippen LogP contribution >= 0.6 is 0 Å². The van der Waals surface area contributed by atoms with Gasteiger partial charge in [-0.1, -0.05) is 6.07 Å². The van der Waals surface area contributed by atoms with Crippen LogP contribution in [0.3, 0.4) is 0 Å². The van der Waals surface area contributed by atoms with Crippen molar-refractivity contribution in [2.75, 3.05) is 26.7 Å². The highest BCUT2D eigenvalue weighted by Gasteiger charge is 2.69. The molecule has 172 valence electrons. The molecule has 0 radical (unpaired) electrons. The molecule has 2 aliphatic heterocycles. The monoisotopic (exact) mass is 438 g/mol. The van der Waals surface area contributed by atoms with Crippen LogP contribution in [0.15, 0.2) is 18.2 Å². The first kappa shape index (κ1) is 22.8. The molecule has 1 N–H and O–H groups in total. The molecule has 3 aliphatic rings. The Kier molecular flexibility index (Phi) is 5.38. The van der Waals surface area contributed by atoms with Crippen LogP contribution in [-0.4, -0.2) is 75.6 Å². The van der Waals surface area contributed by atoms with E-state index in [1.807, 2.05) is 46.9 Å². The minimum atomic E-state index is -1.08. The van der Waals surface area contributed by atoms with Crippen molar-refractivity contribution < 1.29 is 14.7 Å². The Balaban J connectivity index is 1.96. The Morgan fingerprint density at radius 1 is 1.19 bits per heavy atom. The van der Waals surface area contributed by atoms with Crippen molar-refractivity contribution in [2.24, 2.45) is 0 Å². The van der Waals surface area contributed by atoms with Crippen molar-refractivity contribution in [1.29, 1.82) is 5.26 Å². The third kappa shape index (κ3) is 2.72. The van der Waals surface area contributed by atoms with Crippen LogP contribution in [-0.2, 0) is 10.2 Å². The van der Waals surface area contributed by atoms with Crippen LogP contribution in [0.1, 0.15) is 63.1 Å². The number of imide groups is 1. The number of aliphatic hydroxyl groups is 1. The minimum absolute atomic E-state index is 0.122. The predicted octanol–water partition coefficient (Wildman–Crippen LogP) is 2.79. The van der Waals surface area contributed by atoms with E-state index in [1.54, 1.807) is 11.0 Å². The molecule has 3 fully saturated rings. The first-order chi connectivity index (χ1) is 15.1. The molecule has 32 heavy (non-hydrogen) atoms. The molecule has 2 heterocycles. The maximum Gasteiger partial charge on any atom is 0.327 e. The number of aryl methyl sites for hydroxylation is 1. The van der Waals surface area contributed by atoms with Crippen LogP contribution in [0.25, 0.3) is 0 Å². The van der Waals surface area contributed by atoms with Gasteiger partial charge in [0.2, 0.25) is 0 Å². The topological polar surface area (TPSA) is 87.9 Å². The van der Waals surface area contributed by atoms with Crippen molar-refractivity contribution >= 4 is 11.9 Å². The first-order valence-electron chi connectivity index (χ1n) is 11.7. The molecule has 7 nitrogen and oxygen atoms in total. The van der Waals surface area contributed by atoms with Gasteiger partial charge >= 0.3 is 6.03 Å². The first-order valence-corrected chi connectivity index (χ1v) is 11.7. The zero-order valence-corrected chi connectivity index (χ0v) is 19.8. The summed E-state index contributed by atoms with van der Waals surface area (Å²) in [5, 5.41) is 21.9. The predicted molar refractivity (Wildman–Crippen MR) is 121 cm³/mol. The molecule has 1 saturated carbocycles. The van der Waals surface area contributed by atoms with E-state index in [-0.39, 0.29) is 18.0 Å². The van der Waals surface area contributed by atoms with E-state index in [0.29, 0.717) is 44.3 Å². The zero-order chi connectivity index (χ0) is 23.5. The molecule has 7 heteroatoms. The summed E-state index contributed by atoms with van der Waals surface area (Å²) in [5.41, 5.74) is -0.287. The summed E-state index contributed by atoms with van der Waals surface area (Å²) in [5.74, 6) is -0.144. The summed E-state index contributed by atoms with van der Waals surface area (Å²) in [6.45, 7) is 9.35. The number of likely N-dealkylation sites (N-methyl/N-ethyl adjacent to an activating group) is 3. The highest BCUT2D eigenvalue weighted by Crippen LogP contribution is 2.59. The van der Waals surface area contributed by atoms with Gasteiger partial charge in [0.25, 0.3) is 5.91 Å². The number of hydrogen-bond acceptors (Lipinski definition) is 5. The van der Waals surface area contributed by atoms with E-state index in [2.05, 4.69) is 11.0 Å².